The third-order valence-electron chi connectivity index (χ3n) is 4.19. The highest BCUT2D eigenvalue weighted by Crippen LogP contribution is 2.15. The molecule has 2 aliphatic rings. The van der Waals surface area contributed by atoms with Gasteiger partial charge < -0.3 is 0 Å². The van der Waals surface area contributed by atoms with E-state index in [2.05, 4.69) is 30.8 Å². The predicted molar refractivity (Wildman–Crippen MR) is 75.8 cm³/mol. The molecule has 0 atom stereocenters. The van der Waals surface area contributed by atoms with E-state index in [9.17, 15) is 0 Å². The van der Waals surface area contributed by atoms with Gasteiger partial charge in [0.2, 0.25) is 5.65 Å². The van der Waals surface area contributed by atoms with E-state index in [0.717, 1.165) is 37.3 Å². The van der Waals surface area contributed by atoms with Crippen LogP contribution in [0.2, 0.25) is 0 Å². The van der Waals surface area contributed by atoms with E-state index in [1.807, 2.05) is 10.7 Å². The highest BCUT2D eigenvalue weighted by atomic mass is 15.5. The first-order chi connectivity index (χ1) is 9.93. The zero-order chi connectivity index (χ0) is 13.4. The van der Waals surface area contributed by atoms with Gasteiger partial charge in [0, 0.05) is 11.4 Å². The van der Waals surface area contributed by atoms with Crippen LogP contribution in [0.1, 0.15) is 25.7 Å². The number of hydrogen-bond donors (Lipinski definition) is 0. The second-order valence-corrected chi connectivity index (χ2v) is 5.54. The maximum Gasteiger partial charge on any atom is 0.381 e. The minimum atomic E-state index is 0.725. The fraction of sp³-hybridized carbons (Fsp3) is 0.571. The smallest absolute Gasteiger partial charge is 0.263 e. The van der Waals surface area contributed by atoms with Gasteiger partial charge in [-0.15, -0.1) is 0 Å². The zero-order valence-corrected chi connectivity index (χ0v) is 11.6. The molecule has 4 rings (SSSR count). The van der Waals surface area contributed by atoms with Gasteiger partial charge in [0.25, 0.3) is 0 Å². The fourth-order valence-corrected chi connectivity index (χ4v) is 3.22. The Morgan fingerprint density at radius 1 is 1.10 bits per heavy atom. The summed E-state index contributed by atoms with van der Waals surface area (Å²) in [4.78, 5) is 6.74. The van der Waals surface area contributed by atoms with Crippen molar-refractivity contribution in [2.45, 2.75) is 25.7 Å². The summed E-state index contributed by atoms with van der Waals surface area (Å²) >= 11 is 0. The molecule has 20 heavy (non-hydrogen) atoms. The Balaban J connectivity index is 1.87. The third-order valence-corrected chi connectivity index (χ3v) is 4.19. The van der Waals surface area contributed by atoms with Crippen LogP contribution >= 0.6 is 0 Å². The van der Waals surface area contributed by atoms with Gasteiger partial charge in [-0.25, -0.2) is 4.98 Å². The molecule has 4 heterocycles. The number of rotatable bonds is 0. The van der Waals surface area contributed by atoms with Gasteiger partial charge in [-0.05, 0) is 37.8 Å². The van der Waals surface area contributed by atoms with Crippen molar-refractivity contribution in [3.63, 3.8) is 0 Å². The van der Waals surface area contributed by atoms with Crippen LogP contribution in [0.15, 0.2) is 18.3 Å². The number of hydrogen-bond acceptors (Lipinski definition) is 3. The van der Waals surface area contributed by atoms with Crippen LogP contribution in [0.3, 0.4) is 0 Å². The number of fused-ring (bicyclic) bond motifs is 1. The maximum absolute atomic E-state index is 4.37. The first-order valence-electron chi connectivity index (χ1n) is 7.47. The van der Waals surface area contributed by atoms with E-state index in [-0.39, 0.29) is 0 Å². The van der Waals surface area contributed by atoms with Gasteiger partial charge in [0.05, 0.1) is 26.2 Å². The molecule has 2 saturated heterocycles. The number of likely N-dealkylation sites (tertiary alicyclic amines) is 1. The summed E-state index contributed by atoms with van der Waals surface area (Å²) in [7, 11) is 0. The molecule has 0 unspecified atom stereocenters. The van der Waals surface area contributed by atoms with E-state index in [4.69, 9.17) is 0 Å². The Morgan fingerprint density at radius 2 is 1.90 bits per heavy atom. The van der Waals surface area contributed by atoms with Crippen LogP contribution in [0.4, 0.5) is 0 Å². The summed E-state index contributed by atoms with van der Waals surface area (Å²) in [6.45, 7) is 4.47. The lowest BCUT2D eigenvalue weighted by Gasteiger charge is -2.15. The van der Waals surface area contributed by atoms with Crippen LogP contribution in [0.5, 0.6) is 0 Å². The minimum Gasteiger partial charge on any atom is -0.263 e. The van der Waals surface area contributed by atoms with Crippen molar-refractivity contribution in [3.05, 3.63) is 18.3 Å². The largest absolute Gasteiger partial charge is 0.381 e. The highest BCUT2D eigenvalue weighted by Gasteiger charge is 2.31. The Morgan fingerprint density at radius 3 is 2.70 bits per heavy atom. The maximum atomic E-state index is 4.37. The molecule has 0 spiro atoms. The monoisotopic (exact) mass is 271 g/mol. The van der Waals surface area contributed by atoms with Crippen molar-refractivity contribution >= 4 is 17.1 Å². The van der Waals surface area contributed by atoms with Crippen LogP contribution < -0.4 is 0 Å². The van der Waals surface area contributed by atoms with E-state index in [1.165, 1.54) is 31.6 Å². The molecule has 2 aromatic rings. The summed E-state index contributed by atoms with van der Waals surface area (Å²) in [5, 5.41) is 8.58. The highest BCUT2D eigenvalue weighted by molar-refractivity contribution is 5.86. The minimum absolute atomic E-state index is 0.725. The first kappa shape index (κ1) is 11.8. The topological polar surface area (TPSA) is 49.9 Å². The van der Waals surface area contributed by atoms with Gasteiger partial charge in [-0.2, -0.15) is 0 Å². The summed E-state index contributed by atoms with van der Waals surface area (Å²) < 4.78 is 4.44. The Hall–Kier alpha value is -1.98. The van der Waals surface area contributed by atoms with Crippen molar-refractivity contribution in [2.24, 2.45) is 0 Å². The molecular formula is C14H19N6+. The SMILES string of the molecule is c1cnc2nnn(C(N3CCCC3)=[N+]3CCCC3)c2c1. The molecule has 0 N–H and O–H groups in total. The lowest BCUT2D eigenvalue weighted by atomic mass is 10.4. The van der Waals surface area contributed by atoms with Crippen molar-refractivity contribution < 1.29 is 4.58 Å². The summed E-state index contributed by atoms with van der Waals surface area (Å²) in [5.41, 5.74) is 1.73. The van der Waals surface area contributed by atoms with Gasteiger partial charge in [-0.3, -0.25) is 9.48 Å². The normalized spacial score (nSPS) is 19.2. The molecule has 2 fully saturated rings. The molecular weight excluding hydrogens is 252 g/mol. The molecule has 0 amide bonds. The quantitative estimate of drug-likeness (QED) is 0.528. The second kappa shape index (κ2) is 4.85. The summed E-state index contributed by atoms with van der Waals surface area (Å²) in [6, 6.07) is 4.00. The van der Waals surface area contributed by atoms with Gasteiger partial charge in [0.1, 0.15) is 0 Å². The lowest BCUT2D eigenvalue weighted by molar-refractivity contribution is -0.513. The Kier molecular flexibility index (Phi) is 2.86. The third kappa shape index (κ3) is 1.87. The predicted octanol–water partition coefficient (Wildman–Crippen LogP) is 0.932. The van der Waals surface area contributed by atoms with Crippen LogP contribution in [0, 0.1) is 0 Å². The molecule has 0 saturated carbocycles. The van der Waals surface area contributed by atoms with E-state index in [1.54, 1.807) is 6.20 Å². The molecule has 0 radical (unpaired) electrons. The number of aromatic nitrogens is 4. The van der Waals surface area contributed by atoms with Gasteiger partial charge in [0.15, 0.2) is 5.52 Å². The molecule has 104 valence electrons. The van der Waals surface area contributed by atoms with Crippen molar-refractivity contribution in [1.82, 2.24) is 24.9 Å². The molecule has 2 aliphatic heterocycles. The van der Waals surface area contributed by atoms with Gasteiger partial charge in [-0.1, -0.05) is 9.78 Å². The first-order valence-corrected chi connectivity index (χ1v) is 7.47. The fourth-order valence-electron chi connectivity index (χ4n) is 3.22. The molecule has 6 nitrogen and oxygen atoms in total. The number of nitrogens with zero attached hydrogens (tertiary/aromatic N) is 6. The van der Waals surface area contributed by atoms with Gasteiger partial charge >= 0.3 is 5.96 Å². The molecule has 0 bridgehead atoms. The average molecular weight is 271 g/mol. The van der Waals surface area contributed by atoms with Crippen molar-refractivity contribution in [3.8, 4) is 0 Å². The molecule has 0 aliphatic carbocycles. The van der Waals surface area contributed by atoms with Crippen LogP contribution in [0.25, 0.3) is 11.2 Å². The van der Waals surface area contributed by atoms with Crippen molar-refractivity contribution in [2.75, 3.05) is 26.2 Å². The van der Waals surface area contributed by atoms with E-state index in [0.29, 0.717) is 0 Å². The average Bonchev–Trinajstić information content (AvgIpc) is 3.22. The Labute approximate surface area is 117 Å². The number of pyridine rings is 1. The summed E-state index contributed by atoms with van der Waals surface area (Å²) in [5.74, 6) is 1.20. The molecule has 0 aromatic carbocycles. The van der Waals surface area contributed by atoms with Crippen LogP contribution in [-0.2, 0) is 0 Å². The molecule has 6 heteroatoms. The van der Waals surface area contributed by atoms with E-state index >= 15 is 0 Å². The lowest BCUT2D eigenvalue weighted by Crippen LogP contribution is -2.41. The van der Waals surface area contributed by atoms with E-state index < -0.39 is 0 Å². The van der Waals surface area contributed by atoms with Crippen LogP contribution in [-0.4, -0.2) is 61.6 Å². The standard InChI is InChI=1S/C14H19N6/c1-2-9-18(8-1)14(19-10-3-4-11-19)20-12-6-5-7-15-13(12)16-17-20/h5-7H,1-4,8-11H2/q+1. The Bertz CT molecular complexity index is 644. The molecule has 2 aromatic heterocycles. The van der Waals surface area contributed by atoms with Crippen molar-refractivity contribution in [1.29, 1.82) is 0 Å². The second-order valence-electron chi connectivity index (χ2n) is 5.54. The zero-order valence-electron chi connectivity index (χ0n) is 11.6. The summed E-state index contributed by atoms with van der Waals surface area (Å²) in [6.07, 6.45) is 6.83.